The van der Waals surface area contributed by atoms with E-state index in [1.807, 2.05) is 29.0 Å². The Balaban J connectivity index is 1.53. The summed E-state index contributed by atoms with van der Waals surface area (Å²) in [6.07, 6.45) is 3.59. The third kappa shape index (κ3) is 5.24. The van der Waals surface area contributed by atoms with Gasteiger partial charge < -0.3 is 19.3 Å². The van der Waals surface area contributed by atoms with Gasteiger partial charge in [-0.15, -0.1) is 0 Å². The van der Waals surface area contributed by atoms with Gasteiger partial charge in [-0.3, -0.25) is 9.10 Å². The number of anilines is 2. The van der Waals surface area contributed by atoms with Crippen LogP contribution in [0.15, 0.2) is 71.9 Å². The van der Waals surface area contributed by atoms with Gasteiger partial charge in [0.1, 0.15) is 12.4 Å². The molecule has 3 heterocycles. The van der Waals surface area contributed by atoms with Crippen molar-refractivity contribution in [3.63, 3.8) is 0 Å². The monoisotopic (exact) mass is 560 g/mol. The Morgan fingerprint density at radius 3 is 2.46 bits per heavy atom. The standard InChI is InChI=1S/C25H22Cl2N4O5S/c26-18-12-19(27)14-22(13-18)37(34,35)31(16-25(32)33)21-1-2-23-17(11-21)4-6-30(23)24-15-20(3-5-28-24)29-7-9-36-10-8-29/h1-6,11-15H,7-10,16H2,(H,32,33). The molecule has 0 saturated carbocycles. The summed E-state index contributed by atoms with van der Waals surface area (Å²) >= 11 is 12.0. The third-order valence-corrected chi connectivity index (χ3v) is 8.20. The Morgan fingerprint density at radius 2 is 1.76 bits per heavy atom. The number of morpholine rings is 1. The lowest BCUT2D eigenvalue weighted by molar-refractivity contribution is -0.135. The number of nitrogens with zero attached hydrogens (tertiary/aromatic N) is 4. The molecule has 1 saturated heterocycles. The fourth-order valence-corrected chi connectivity index (χ4v) is 6.42. The zero-order valence-corrected chi connectivity index (χ0v) is 21.7. The average Bonchev–Trinajstić information content (AvgIpc) is 3.30. The first kappa shape index (κ1) is 25.3. The maximum Gasteiger partial charge on any atom is 0.324 e. The van der Waals surface area contributed by atoms with Crippen LogP contribution in [-0.4, -0.2) is 61.9 Å². The molecule has 1 N–H and O–H groups in total. The first-order valence-corrected chi connectivity index (χ1v) is 13.5. The summed E-state index contributed by atoms with van der Waals surface area (Å²) in [7, 11) is -4.28. The molecule has 0 amide bonds. The lowest BCUT2D eigenvalue weighted by Gasteiger charge is -2.29. The summed E-state index contributed by atoms with van der Waals surface area (Å²) in [5.74, 6) is -0.603. The van der Waals surface area contributed by atoms with Crippen molar-refractivity contribution in [3.05, 3.63) is 77.0 Å². The molecule has 0 radical (unpaired) electrons. The number of hydrogen-bond acceptors (Lipinski definition) is 6. The molecule has 1 fully saturated rings. The van der Waals surface area contributed by atoms with Gasteiger partial charge in [-0.25, -0.2) is 13.4 Å². The largest absolute Gasteiger partial charge is 0.480 e. The molecule has 12 heteroatoms. The highest BCUT2D eigenvalue weighted by Gasteiger charge is 2.28. The third-order valence-electron chi connectivity index (χ3n) is 6.02. The molecular formula is C25H22Cl2N4O5S. The van der Waals surface area contributed by atoms with E-state index in [0.717, 1.165) is 28.6 Å². The Hall–Kier alpha value is -3.31. The summed E-state index contributed by atoms with van der Waals surface area (Å²) in [6, 6.07) is 14.6. The van der Waals surface area contributed by atoms with Crippen LogP contribution in [0.2, 0.25) is 10.0 Å². The van der Waals surface area contributed by atoms with Gasteiger partial charge in [-0.2, -0.15) is 0 Å². The lowest BCUT2D eigenvalue weighted by Crippen LogP contribution is -2.36. The Kier molecular flexibility index (Phi) is 7.00. The van der Waals surface area contributed by atoms with E-state index >= 15 is 0 Å². The molecule has 0 unspecified atom stereocenters. The summed E-state index contributed by atoms with van der Waals surface area (Å²) in [5, 5.41) is 10.4. The normalized spacial score (nSPS) is 14.2. The van der Waals surface area contributed by atoms with Gasteiger partial charge in [0.25, 0.3) is 10.0 Å². The molecule has 0 aliphatic carbocycles. The molecule has 0 bridgehead atoms. The zero-order valence-electron chi connectivity index (χ0n) is 19.4. The first-order valence-electron chi connectivity index (χ1n) is 11.3. The SMILES string of the molecule is O=C(O)CN(c1ccc2c(ccn2-c2cc(N3CCOCC3)ccn2)c1)S(=O)(=O)c1cc(Cl)cc(Cl)c1. The molecular weight excluding hydrogens is 539 g/mol. The van der Waals surface area contributed by atoms with E-state index in [9.17, 15) is 18.3 Å². The fourth-order valence-electron chi connectivity index (χ4n) is 4.29. The van der Waals surface area contributed by atoms with Gasteiger partial charge in [0.15, 0.2) is 0 Å². The minimum Gasteiger partial charge on any atom is -0.480 e. The lowest BCUT2D eigenvalue weighted by atomic mass is 10.2. The van der Waals surface area contributed by atoms with Crippen LogP contribution in [0, 0.1) is 0 Å². The highest BCUT2D eigenvalue weighted by molar-refractivity contribution is 7.92. The van der Waals surface area contributed by atoms with Gasteiger partial charge in [0, 0.05) is 52.7 Å². The van der Waals surface area contributed by atoms with Crippen LogP contribution in [-0.2, 0) is 19.6 Å². The van der Waals surface area contributed by atoms with Crippen molar-refractivity contribution in [2.75, 3.05) is 42.1 Å². The number of pyridine rings is 1. The number of benzene rings is 2. The van der Waals surface area contributed by atoms with Gasteiger partial charge in [0.2, 0.25) is 0 Å². The molecule has 9 nitrogen and oxygen atoms in total. The Morgan fingerprint density at radius 1 is 1.03 bits per heavy atom. The van der Waals surface area contributed by atoms with Gasteiger partial charge >= 0.3 is 5.97 Å². The van der Waals surface area contributed by atoms with Gasteiger partial charge in [-0.05, 0) is 48.5 Å². The van der Waals surface area contributed by atoms with Gasteiger partial charge in [0.05, 0.1) is 29.3 Å². The Labute approximate surface area is 223 Å². The zero-order chi connectivity index (χ0) is 26.2. The molecule has 37 heavy (non-hydrogen) atoms. The van der Waals surface area contributed by atoms with Crippen LogP contribution < -0.4 is 9.21 Å². The molecule has 0 atom stereocenters. The summed E-state index contributed by atoms with van der Waals surface area (Å²) in [5.41, 5.74) is 2.01. The number of carboxylic acid groups (broad SMARTS) is 1. The highest BCUT2D eigenvalue weighted by atomic mass is 35.5. The summed E-state index contributed by atoms with van der Waals surface area (Å²) < 4.78 is 35.0. The van der Waals surface area contributed by atoms with Crippen LogP contribution in [0.5, 0.6) is 0 Å². The minimum atomic E-state index is -4.28. The van der Waals surface area contributed by atoms with Crippen molar-refractivity contribution in [3.8, 4) is 5.82 Å². The smallest absolute Gasteiger partial charge is 0.324 e. The summed E-state index contributed by atoms with van der Waals surface area (Å²) in [4.78, 5) is 18.2. The molecule has 2 aromatic heterocycles. The van der Waals surface area contributed by atoms with Crippen LogP contribution >= 0.6 is 23.2 Å². The predicted octanol–water partition coefficient (Wildman–Crippen LogP) is 4.45. The Bertz CT molecular complexity index is 1570. The number of rotatable bonds is 7. The minimum absolute atomic E-state index is 0.126. The summed E-state index contributed by atoms with van der Waals surface area (Å²) in [6.45, 7) is 2.16. The second-order valence-electron chi connectivity index (χ2n) is 8.41. The quantitative estimate of drug-likeness (QED) is 0.356. The second kappa shape index (κ2) is 10.2. The van der Waals surface area contributed by atoms with Crippen molar-refractivity contribution < 1.29 is 23.1 Å². The number of halogens is 2. The maximum absolute atomic E-state index is 13.4. The van der Waals surface area contributed by atoms with E-state index in [0.29, 0.717) is 24.4 Å². The van der Waals surface area contributed by atoms with Crippen LogP contribution in [0.25, 0.3) is 16.7 Å². The van der Waals surface area contributed by atoms with E-state index in [1.165, 1.54) is 18.2 Å². The van der Waals surface area contributed by atoms with Crippen molar-refractivity contribution in [2.24, 2.45) is 0 Å². The van der Waals surface area contributed by atoms with Crippen molar-refractivity contribution in [1.29, 1.82) is 0 Å². The van der Waals surface area contributed by atoms with Crippen molar-refractivity contribution >= 4 is 61.5 Å². The number of hydrogen-bond donors (Lipinski definition) is 1. The molecule has 5 rings (SSSR count). The van der Waals surface area contributed by atoms with Crippen molar-refractivity contribution in [1.82, 2.24) is 9.55 Å². The van der Waals surface area contributed by atoms with Crippen LogP contribution in [0.3, 0.4) is 0 Å². The number of sulfonamides is 1. The number of aliphatic carboxylic acids is 1. The number of carboxylic acids is 1. The molecule has 1 aliphatic rings. The van der Waals surface area contributed by atoms with E-state index in [-0.39, 0.29) is 20.6 Å². The molecule has 2 aromatic carbocycles. The van der Waals surface area contributed by atoms with Crippen LogP contribution in [0.4, 0.5) is 11.4 Å². The van der Waals surface area contributed by atoms with E-state index in [4.69, 9.17) is 27.9 Å². The van der Waals surface area contributed by atoms with Gasteiger partial charge in [-0.1, -0.05) is 23.2 Å². The van der Waals surface area contributed by atoms with Crippen molar-refractivity contribution in [2.45, 2.75) is 4.90 Å². The van der Waals surface area contributed by atoms with Crippen LogP contribution in [0.1, 0.15) is 0 Å². The van der Waals surface area contributed by atoms with E-state index in [2.05, 4.69) is 9.88 Å². The number of ether oxygens (including phenoxy) is 1. The fraction of sp³-hybridized carbons (Fsp3) is 0.200. The van der Waals surface area contributed by atoms with E-state index < -0.39 is 22.5 Å². The first-order chi connectivity index (χ1) is 17.7. The number of carbonyl (C=O) groups is 1. The molecule has 0 spiro atoms. The van der Waals surface area contributed by atoms with E-state index in [1.54, 1.807) is 24.4 Å². The molecule has 192 valence electrons. The second-order valence-corrected chi connectivity index (χ2v) is 11.1. The number of aromatic nitrogens is 2. The average molecular weight is 561 g/mol. The molecule has 4 aromatic rings. The highest BCUT2D eigenvalue weighted by Crippen LogP contribution is 2.31. The number of fused-ring (bicyclic) bond motifs is 1. The topological polar surface area (TPSA) is 105 Å². The molecule has 1 aliphatic heterocycles. The predicted molar refractivity (Wildman–Crippen MR) is 143 cm³/mol. The maximum atomic E-state index is 13.4.